The number of rotatable bonds is 5. The van der Waals surface area contributed by atoms with Gasteiger partial charge in [0.2, 0.25) is 0 Å². The molecule has 1 saturated heterocycles. The molecule has 2 N–H and O–H groups in total. The molecule has 1 aromatic rings. The van der Waals surface area contributed by atoms with Crippen LogP contribution in [-0.2, 0) is 16.0 Å². The molecule has 100 valence electrons. The van der Waals surface area contributed by atoms with Gasteiger partial charge in [0, 0.05) is 11.8 Å². The zero-order valence-corrected chi connectivity index (χ0v) is 11.1. The van der Waals surface area contributed by atoms with Crippen LogP contribution in [0.5, 0.6) is 0 Å². The number of nitrogens with two attached hydrogens (primary N) is 1. The van der Waals surface area contributed by atoms with Gasteiger partial charge in [0.15, 0.2) is 5.16 Å². The van der Waals surface area contributed by atoms with E-state index in [0.29, 0.717) is 19.4 Å². The first-order valence-corrected chi connectivity index (χ1v) is 7.33. The molecule has 0 amide bonds. The van der Waals surface area contributed by atoms with Crippen LogP contribution >= 0.6 is 11.8 Å². The lowest BCUT2D eigenvalue weighted by Crippen LogP contribution is -2.25. The van der Waals surface area contributed by atoms with Gasteiger partial charge in [0.1, 0.15) is 12.6 Å². The van der Waals surface area contributed by atoms with Gasteiger partial charge in [0.05, 0.1) is 19.3 Å². The summed E-state index contributed by atoms with van der Waals surface area (Å²) in [4.78, 5) is 0. The molecule has 3 rings (SSSR count). The quantitative estimate of drug-likeness (QED) is 0.802. The Kier molecular flexibility index (Phi) is 3.83. The van der Waals surface area contributed by atoms with Crippen LogP contribution in [0.25, 0.3) is 0 Å². The maximum Gasteiger partial charge on any atom is 0.191 e. The first-order chi connectivity index (χ1) is 8.88. The van der Waals surface area contributed by atoms with Crippen molar-refractivity contribution in [1.82, 2.24) is 14.8 Å². The van der Waals surface area contributed by atoms with Crippen LogP contribution in [0.1, 0.15) is 31.1 Å². The molecular formula is C11H18N4O2S. The van der Waals surface area contributed by atoms with E-state index in [0.717, 1.165) is 29.8 Å². The second-order valence-electron chi connectivity index (χ2n) is 4.62. The topological polar surface area (TPSA) is 75.2 Å². The van der Waals surface area contributed by atoms with Crippen molar-refractivity contribution in [3.8, 4) is 0 Å². The first kappa shape index (κ1) is 12.4. The fourth-order valence-corrected chi connectivity index (χ4v) is 3.13. The Hall–Kier alpha value is -0.630. The van der Waals surface area contributed by atoms with Crippen molar-refractivity contribution in [1.29, 1.82) is 0 Å². The largest absolute Gasteiger partial charge is 0.355 e. The molecule has 1 unspecified atom stereocenters. The van der Waals surface area contributed by atoms with Gasteiger partial charge in [-0.1, -0.05) is 11.8 Å². The van der Waals surface area contributed by atoms with E-state index in [1.807, 2.05) is 0 Å². The third kappa shape index (κ3) is 2.69. The lowest BCUT2D eigenvalue weighted by Gasteiger charge is -2.22. The fourth-order valence-electron chi connectivity index (χ4n) is 2.04. The maximum absolute atomic E-state index is 5.69. The van der Waals surface area contributed by atoms with E-state index in [4.69, 9.17) is 15.2 Å². The predicted molar refractivity (Wildman–Crippen MR) is 67.2 cm³/mol. The van der Waals surface area contributed by atoms with Crippen LogP contribution in [-0.4, -0.2) is 40.0 Å². The molecule has 7 heteroatoms. The standard InChI is InChI=1S/C11H18N4O2S/c12-5-10-13-14-11(15(10)8-1-2-8)18-6-9-3-4-16-7-17-9/h8-9H,1-7,12H2. The smallest absolute Gasteiger partial charge is 0.191 e. The normalized spacial score (nSPS) is 24.4. The minimum absolute atomic E-state index is 0.259. The van der Waals surface area contributed by atoms with E-state index in [9.17, 15) is 0 Å². The molecule has 0 spiro atoms. The highest BCUT2D eigenvalue weighted by molar-refractivity contribution is 7.99. The maximum atomic E-state index is 5.69. The number of nitrogens with zero attached hydrogens (tertiary/aromatic N) is 3. The zero-order chi connectivity index (χ0) is 12.4. The molecule has 1 aromatic heterocycles. The van der Waals surface area contributed by atoms with Crippen molar-refractivity contribution >= 4 is 11.8 Å². The monoisotopic (exact) mass is 270 g/mol. The van der Waals surface area contributed by atoms with Gasteiger partial charge in [-0.05, 0) is 19.3 Å². The number of ether oxygens (including phenoxy) is 2. The Morgan fingerprint density at radius 2 is 2.22 bits per heavy atom. The Morgan fingerprint density at radius 3 is 2.89 bits per heavy atom. The van der Waals surface area contributed by atoms with Crippen LogP contribution < -0.4 is 5.73 Å². The van der Waals surface area contributed by atoms with E-state index in [1.165, 1.54) is 12.8 Å². The van der Waals surface area contributed by atoms with Crippen LogP contribution in [0.3, 0.4) is 0 Å². The molecule has 0 aromatic carbocycles. The van der Waals surface area contributed by atoms with Crippen molar-refractivity contribution in [3.63, 3.8) is 0 Å². The molecule has 1 aliphatic carbocycles. The first-order valence-electron chi connectivity index (χ1n) is 6.34. The highest BCUT2D eigenvalue weighted by Gasteiger charge is 2.29. The van der Waals surface area contributed by atoms with E-state index in [2.05, 4.69) is 14.8 Å². The molecule has 0 bridgehead atoms. The minimum atomic E-state index is 0.259. The summed E-state index contributed by atoms with van der Waals surface area (Å²) in [6.07, 6.45) is 3.64. The van der Waals surface area contributed by atoms with Crippen LogP contribution in [0, 0.1) is 0 Å². The summed E-state index contributed by atoms with van der Waals surface area (Å²) in [5, 5.41) is 9.38. The van der Waals surface area contributed by atoms with E-state index in [-0.39, 0.29) is 6.10 Å². The SMILES string of the molecule is NCc1nnc(SCC2CCOCO2)n1C1CC1. The van der Waals surface area contributed by atoms with Crippen molar-refractivity contribution in [2.24, 2.45) is 5.73 Å². The molecule has 1 aliphatic heterocycles. The van der Waals surface area contributed by atoms with Crippen molar-refractivity contribution < 1.29 is 9.47 Å². The van der Waals surface area contributed by atoms with Crippen LogP contribution in [0.4, 0.5) is 0 Å². The average Bonchev–Trinajstić information content (AvgIpc) is 3.18. The van der Waals surface area contributed by atoms with Gasteiger partial charge < -0.3 is 19.8 Å². The molecule has 1 saturated carbocycles. The Bertz CT molecular complexity index is 402. The molecule has 18 heavy (non-hydrogen) atoms. The van der Waals surface area contributed by atoms with Gasteiger partial charge in [0.25, 0.3) is 0 Å². The van der Waals surface area contributed by atoms with Gasteiger partial charge >= 0.3 is 0 Å². The summed E-state index contributed by atoms with van der Waals surface area (Å²) in [5.74, 6) is 1.80. The van der Waals surface area contributed by atoms with Gasteiger partial charge in [-0.2, -0.15) is 0 Å². The highest BCUT2D eigenvalue weighted by atomic mass is 32.2. The Balaban J connectivity index is 1.63. The summed E-state index contributed by atoms with van der Waals surface area (Å²) in [5.41, 5.74) is 5.69. The molecule has 0 radical (unpaired) electrons. The third-order valence-corrected chi connectivity index (χ3v) is 4.27. The number of hydrogen-bond donors (Lipinski definition) is 1. The fraction of sp³-hybridized carbons (Fsp3) is 0.818. The van der Waals surface area contributed by atoms with Crippen molar-refractivity contribution in [2.45, 2.75) is 43.1 Å². The third-order valence-electron chi connectivity index (χ3n) is 3.20. The summed E-state index contributed by atoms with van der Waals surface area (Å²) in [6.45, 7) is 1.65. The van der Waals surface area contributed by atoms with Crippen molar-refractivity contribution in [3.05, 3.63) is 5.82 Å². The minimum Gasteiger partial charge on any atom is -0.355 e. The second kappa shape index (κ2) is 5.56. The Morgan fingerprint density at radius 1 is 1.33 bits per heavy atom. The predicted octanol–water partition coefficient (Wildman–Crippen LogP) is 0.927. The number of thioether (sulfide) groups is 1. The second-order valence-corrected chi connectivity index (χ2v) is 5.61. The highest BCUT2D eigenvalue weighted by Crippen LogP contribution is 2.38. The molecule has 6 nitrogen and oxygen atoms in total. The van der Waals surface area contributed by atoms with Gasteiger partial charge in [-0.3, -0.25) is 0 Å². The van der Waals surface area contributed by atoms with Crippen LogP contribution in [0.2, 0.25) is 0 Å². The van der Waals surface area contributed by atoms with Gasteiger partial charge in [-0.15, -0.1) is 10.2 Å². The summed E-state index contributed by atoms with van der Waals surface area (Å²) >= 11 is 1.71. The molecule has 2 fully saturated rings. The summed E-state index contributed by atoms with van der Waals surface area (Å²) in [6, 6.07) is 0.566. The lowest BCUT2D eigenvalue weighted by molar-refractivity contribution is -0.130. The van der Waals surface area contributed by atoms with E-state index in [1.54, 1.807) is 11.8 Å². The van der Waals surface area contributed by atoms with Crippen molar-refractivity contribution in [2.75, 3.05) is 19.2 Å². The average molecular weight is 270 g/mol. The number of aromatic nitrogens is 3. The van der Waals surface area contributed by atoms with Crippen LogP contribution in [0.15, 0.2) is 5.16 Å². The molecule has 1 atom stereocenters. The molecular weight excluding hydrogens is 252 g/mol. The van der Waals surface area contributed by atoms with E-state index >= 15 is 0 Å². The lowest BCUT2D eigenvalue weighted by atomic mass is 10.3. The van der Waals surface area contributed by atoms with E-state index < -0.39 is 0 Å². The molecule has 2 aliphatic rings. The molecule has 2 heterocycles. The zero-order valence-electron chi connectivity index (χ0n) is 10.2. The van der Waals surface area contributed by atoms with Gasteiger partial charge in [-0.25, -0.2) is 0 Å². The number of hydrogen-bond acceptors (Lipinski definition) is 6. The summed E-state index contributed by atoms with van der Waals surface area (Å²) in [7, 11) is 0. The Labute approximate surface area is 110 Å². The summed E-state index contributed by atoms with van der Waals surface area (Å²) < 4.78 is 12.9.